The number of nitrogens with one attached hydrogen (secondary N) is 2. The second kappa shape index (κ2) is 9.28. The third kappa shape index (κ3) is 5.38. The molecule has 2 N–H and O–H groups in total. The lowest BCUT2D eigenvalue weighted by Crippen LogP contribution is -2.31. The number of pyridine rings is 1. The Morgan fingerprint density at radius 2 is 2.19 bits per heavy atom. The van der Waals surface area contributed by atoms with Crippen molar-refractivity contribution in [2.45, 2.75) is 6.92 Å². The van der Waals surface area contributed by atoms with Crippen molar-refractivity contribution in [1.29, 1.82) is 0 Å². The molecule has 0 aliphatic heterocycles. The van der Waals surface area contributed by atoms with Gasteiger partial charge in [0, 0.05) is 18.7 Å². The van der Waals surface area contributed by atoms with Gasteiger partial charge >= 0.3 is 0 Å². The summed E-state index contributed by atoms with van der Waals surface area (Å²) in [7, 11) is 1.50. The Morgan fingerprint density at radius 3 is 2.81 bits per heavy atom. The molecular formula is C16H17N5O4S. The molecule has 0 radical (unpaired) electrons. The first kappa shape index (κ1) is 19.1. The predicted octanol–water partition coefficient (Wildman–Crippen LogP) is 2.61. The quantitative estimate of drug-likeness (QED) is 0.329. The smallest absolute Gasteiger partial charge is 0.287 e. The largest absolute Gasteiger partial charge is 0.493 e. The lowest BCUT2D eigenvalue weighted by molar-refractivity contribution is -0.385. The van der Waals surface area contributed by atoms with Crippen LogP contribution in [0.2, 0.25) is 0 Å². The van der Waals surface area contributed by atoms with E-state index in [1.54, 1.807) is 24.4 Å². The van der Waals surface area contributed by atoms with Crippen LogP contribution >= 0.6 is 12.2 Å². The van der Waals surface area contributed by atoms with Crippen LogP contribution in [0, 0.1) is 10.1 Å². The number of hydrazone groups is 1. The molecule has 0 spiro atoms. The normalized spacial score (nSPS) is 10.4. The summed E-state index contributed by atoms with van der Waals surface area (Å²) < 4.78 is 10.9. The Morgan fingerprint density at radius 1 is 1.38 bits per heavy atom. The third-order valence-electron chi connectivity index (χ3n) is 3.05. The fraction of sp³-hybridized carbons (Fsp3) is 0.188. The highest BCUT2D eigenvalue weighted by Gasteiger charge is 2.10. The summed E-state index contributed by atoms with van der Waals surface area (Å²) in [5.74, 6) is 1.10. The molecule has 1 aromatic carbocycles. The van der Waals surface area contributed by atoms with Crippen molar-refractivity contribution < 1.29 is 14.4 Å². The van der Waals surface area contributed by atoms with Crippen LogP contribution in [0.15, 0.2) is 41.6 Å². The number of thiocarbonyl (C=S) groups is 1. The molecule has 10 heteroatoms. The number of nitrogens with zero attached hydrogens (tertiary/aromatic N) is 3. The highest BCUT2D eigenvalue weighted by molar-refractivity contribution is 7.80. The maximum Gasteiger partial charge on any atom is 0.287 e. The lowest BCUT2D eigenvalue weighted by atomic mass is 10.2. The molecule has 0 amide bonds. The van der Waals surface area contributed by atoms with E-state index in [0.29, 0.717) is 23.2 Å². The molecule has 0 aliphatic rings. The molecule has 0 unspecified atom stereocenters. The molecule has 2 rings (SSSR count). The van der Waals surface area contributed by atoms with E-state index in [-0.39, 0.29) is 11.6 Å². The van der Waals surface area contributed by atoms with E-state index in [4.69, 9.17) is 21.7 Å². The van der Waals surface area contributed by atoms with Gasteiger partial charge in [0.25, 0.3) is 5.69 Å². The fourth-order valence-electron chi connectivity index (χ4n) is 1.87. The summed E-state index contributed by atoms with van der Waals surface area (Å²) in [4.78, 5) is 14.0. The number of benzene rings is 1. The first-order valence-corrected chi connectivity index (χ1v) is 7.97. The monoisotopic (exact) mass is 375 g/mol. The number of ether oxygens (including phenoxy) is 2. The summed E-state index contributed by atoms with van der Waals surface area (Å²) >= 11 is 5.01. The predicted molar refractivity (Wildman–Crippen MR) is 101 cm³/mol. The number of hydrogen-bond acceptors (Lipinski definition) is 7. The van der Waals surface area contributed by atoms with E-state index < -0.39 is 4.92 Å². The van der Waals surface area contributed by atoms with E-state index in [1.807, 2.05) is 6.92 Å². The maximum absolute atomic E-state index is 10.6. The highest BCUT2D eigenvalue weighted by Crippen LogP contribution is 2.31. The molecular weight excluding hydrogens is 358 g/mol. The molecule has 0 saturated carbocycles. The van der Waals surface area contributed by atoms with Crippen LogP contribution in [0.1, 0.15) is 12.5 Å². The molecule has 1 heterocycles. The second-order valence-electron chi connectivity index (χ2n) is 4.85. The van der Waals surface area contributed by atoms with Gasteiger partial charge in [-0.2, -0.15) is 5.10 Å². The molecule has 0 atom stereocenters. The zero-order valence-corrected chi connectivity index (χ0v) is 14.9. The molecule has 136 valence electrons. The zero-order chi connectivity index (χ0) is 18.9. The van der Waals surface area contributed by atoms with Gasteiger partial charge in [0.15, 0.2) is 16.6 Å². The molecule has 0 aliphatic carbocycles. The van der Waals surface area contributed by atoms with E-state index in [2.05, 4.69) is 20.8 Å². The summed E-state index contributed by atoms with van der Waals surface area (Å²) in [5.41, 5.74) is 3.34. The van der Waals surface area contributed by atoms with E-state index in [9.17, 15) is 10.1 Å². The SMILES string of the molecule is CCNC(=S)N/N=C\c1ccc(Oc2ccc([N+](=O)[O-])cn2)c(OC)c1. The molecule has 0 bridgehead atoms. The van der Waals surface area contributed by atoms with Crippen LogP contribution in [0.5, 0.6) is 17.4 Å². The Kier molecular flexibility index (Phi) is 6.80. The van der Waals surface area contributed by atoms with Gasteiger partial charge in [0.1, 0.15) is 6.20 Å². The van der Waals surface area contributed by atoms with Crippen LogP contribution in [-0.2, 0) is 0 Å². The standard InChI is InChI=1S/C16H17N5O4S/c1-3-17-16(26)20-19-9-11-4-6-13(14(8-11)24-2)25-15-7-5-12(10-18-15)21(22)23/h4-10H,3H2,1-2H3,(H2,17,20,26)/b19-9-. The van der Waals surface area contributed by atoms with E-state index in [0.717, 1.165) is 11.8 Å². The zero-order valence-electron chi connectivity index (χ0n) is 14.1. The van der Waals surface area contributed by atoms with Gasteiger partial charge in [-0.3, -0.25) is 15.5 Å². The van der Waals surface area contributed by atoms with Crippen LogP contribution in [-0.4, -0.2) is 34.9 Å². The van der Waals surface area contributed by atoms with Crippen molar-refractivity contribution in [3.8, 4) is 17.4 Å². The minimum absolute atomic E-state index is 0.112. The van der Waals surface area contributed by atoms with E-state index >= 15 is 0 Å². The van der Waals surface area contributed by atoms with Crippen molar-refractivity contribution in [2.24, 2.45) is 5.10 Å². The number of methoxy groups -OCH3 is 1. The number of nitro groups is 1. The molecule has 0 fully saturated rings. The van der Waals surface area contributed by atoms with Gasteiger partial charge in [-0.15, -0.1) is 0 Å². The van der Waals surface area contributed by atoms with Gasteiger partial charge in [-0.05, 0) is 42.9 Å². The average molecular weight is 375 g/mol. The maximum atomic E-state index is 10.6. The van der Waals surface area contributed by atoms with Gasteiger partial charge in [0.2, 0.25) is 5.88 Å². The second-order valence-corrected chi connectivity index (χ2v) is 5.26. The number of hydrogen-bond donors (Lipinski definition) is 2. The summed E-state index contributed by atoms with van der Waals surface area (Å²) in [6.07, 6.45) is 2.71. The average Bonchev–Trinajstić information content (AvgIpc) is 2.63. The summed E-state index contributed by atoms with van der Waals surface area (Å²) in [5, 5.41) is 18.0. The van der Waals surface area contributed by atoms with Crippen molar-refractivity contribution >= 4 is 29.2 Å². The lowest BCUT2D eigenvalue weighted by Gasteiger charge is -2.10. The molecule has 9 nitrogen and oxygen atoms in total. The molecule has 1 aromatic heterocycles. The minimum Gasteiger partial charge on any atom is -0.493 e. The Balaban J connectivity index is 2.09. The van der Waals surface area contributed by atoms with Crippen LogP contribution in [0.25, 0.3) is 0 Å². The number of rotatable bonds is 7. The van der Waals surface area contributed by atoms with Crippen molar-refractivity contribution in [2.75, 3.05) is 13.7 Å². The van der Waals surface area contributed by atoms with Gasteiger partial charge in [0.05, 0.1) is 18.2 Å². The first-order chi connectivity index (χ1) is 12.5. The summed E-state index contributed by atoms with van der Waals surface area (Å²) in [6, 6.07) is 7.91. The first-order valence-electron chi connectivity index (χ1n) is 7.56. The Labute approximate surface area is 155 Å². The molecule has 26 heavy (non-hydrogen) atoms. The Bertz CT molecular complexity index is 811. The van der Waals surface area contributed by atoms with Crippen LogP contribution in [0.4, 0.5) is 5.69 Å². The highest BCUT2D eigenvalue weighted by atomic mass is 32.1. The molecule has 0 saturated heterocycles. The minimum atomic E-state index is -0.527. The van der Waals surface area contributed by atoms with Crippen molar-refractivity contribution in [1.82, 2.24) is 15.7 Å². The van der Waals surface area contributed by atoms with Crippen LogP contribution < -0.4 is 20.2 Å². The molecule has 2 aromatic rings. The van der Waals surface area contributed by atoms with Gasteiger partial charge < -0.3 is 14.8 Å². The third-order valence-corrected chi connectivity index (χ3v) is 3.29. The topological polar surface area (TPSA) is 111 Å². The van der Waals surface area contributed by atoms with Gasteiger partial charge in [-0.1, -0.05) is 0 Å². The van der Waals surface area contributed by atoms with Gasteiger partial charge in [-0.25, -0.2) is 4.98 Å². The summed E-state index contributed by atoms with van der Waals surface area (Å²) in [6.45, 7) is 2.64. The van der Waals surface area contributed by atoms with E-state index in [1.165, 1.54) is 19.2 Å². The van der Waals surface area contributed by atoms with Crippen molar-refractivity contribution in [3.05, 3.63) is 52.2 Å². The van der Waals surface area contributed by atoms with Crippen molar-refractivity contribution in [3.63, 3.8) is 0 Å². The fourth-order valence-corrected chi connectivity index (χ4v) is 2.06. The Hall–Kier alpha value is -3.27. The number of aromatic nitrogens is 1. The van der Waals surface area contributed by atoms with Crippen LogP contribution in [0.3, 0.4) is 0 Å².